The second-order valence-corrected chi connectivity index (χ2v) is 4.47. The van der Waals surface area contributed by atoms with Gasteiger partial charge in [-0.3, -0.25) is 0 Å². The van der Waals surface area contributed by atoms with Crippen molar-refractivity contribution in [2.75, 3.05) is 0 Å². The molecule has 0 spiro atoms. The first-order valence-electron chi connectivity index (χ1n) is 5.21. The van der Waals surface area contributed by atoms with Crippen LogP contribution in [0, 0.1) is 5.82 Å². The van der Waals surface area contributed by atoms with Crippen LogP contribution in [-0.4, -0.2) is 4.98 Å². The topological polar surface area (TPSA) is 48.1 Å². The number of aromatic nitrogens is 1. The van der Waals surface area contributed by atoms with Crippen molar-refractivity contribution in [3.8, 4) is 5.75 Å². The lowest BCUT2D eigenvalue weighted by atomic mass is 10.1. The number of ether oxygens (including phenoxy) is 1. The molecular weight excluding hydrogens is 239 g/mol. The Bertz CT molecular complexity index is 485. The van der Waals surface area contributed by atoms with E-state index >= 15 is 0 Å². The van der Waals surface area contributed by atoms with Gasteiger partial charge in [0.2, 0.25) is 0 Å². The van der Waals surface area contributed by atoms with E-state index in [4.69, 9.17) is 10.5 Å². The van der Waals surface area contributed by atoms with E-state index in [-0.39, 0.29) is 18.4 Å². The predicted octanol–water partition coefficient (Wildman–Crippen LogP) is 2.88. The lowest BCUT2D eigenvalue weighted by molar-refractivity contribution is 0.286. The highest BCUT2D eigenvalue weighted by atomic mass is 32.1. The molecule has 1 aromatic heterocycles. The molecule has 1 unspecified atom stereocenters. The second kappa shape index (κ2) is 5.25. The van der Waals surface area contributed by atoms with Gasteiger partial charge in [-0.15, -0.1) is 11.3 Å². The van der Waals surface area contributed by atoms with E-state index in [1.54, 1.807) is 17.6 Å². The summed E-state index contributed by atoms with van der Waals surface area (Å²) < 4.78 is 19.0. The fourth-order valence-corrected chi connectivity index (χ4v) is 1.92. The number of halogens is 1. The Kier molecular flexibility index (Phi) is 3.71. The molecule has 2 N–H and O–H groups in total. The molecule has 0 saturated heterocycles. The molecule has 0 saturated carbocycles. The lowest BCUT2D eigenvalue weighted by Gasteiger charge is -2.09. The van der Waals surface area contributed by atoms with Gasteiger partial charge in [0.15, 0.2) is 11.6 Å². The minimum Gasteiger partial charge on any atom is -0.484 e. The highest BCUT2D eigenvalue weighted by Crippen LogP contribution is 2.22. The normalized spacial score (nSPS) is 12.4. The molecule has 2 aromatic rings. The molecule has 1 heterocycles. The zero-order valence-electron chi connectivity index (χ0n) is 9.39. The molecule has 3 nitrogen and oxygen atoms in total. The Morgan fingerprint density at radius 2 is 2.35 bits per heavy atom. The Morgan fingerprint density at radius 3 is 2.94 bits per heavy atom. The van der Waals surface area contributed by atoms with Crippen molar-refractivity contribution in [3.05, 3.63) is 46.2 Å². The maximum absolute atomic E-state index is 13.6. The summed E-state index contributed by atoms with van der Waals surface area (Å²) in [6, 6.07) is 4.59. The highest BCUT2D eigenvalue weighted by Gasteiger charge is 2.07. The zero-order valence-corrected chi connectivity index (χ0v) is 10.2. The molecule has 5 heteroatoms. The van der Waals surface area contributed by atoms with E-state index in [1.807, 2.05) is 12.3 Å². The standard InChI is InChI=1S/C12H13FN2OS/c1-8(14)9-2-3-12(11(13)4-9)16-5-10-6-17-7-15-10/h2-4,6-8H,5,14H2,1H3. The fourth-order valence-electron chi connectivity index (χ4n) is 1.38. The van der Waals surface area contributed by atoms with Crippen molar-refractivity contribution in [1.29, 1.82) is 0 Å². The van der Waals surface area contributed by atoms with Gasteiger partial charge in [-0.1, -0.05) is 6.07 Å². The SMILES string of the molecule is CC(N)c1ccc(OCc2cscn2)c(F)c1. The van der Waals surface area contributed by atoms with Crippen LogP contribution in [0.3, 0.4) is 0 Å². The van der Waals surface area contributed by atoms with Crippen LogP contribution < -0.4 is 10.5 Å². The van der Waals surface area contributed by atoms with Gasteiger partial charge in [-0.2, -0.15) is 0 Å². The largest absolute Gasteiger partial charge is 0.484 e. The van der Waals surface area contributed by atoms with Gasteiger partial charge in [-0.05, 0) is 24.6 Å². The van der Waals surface area contributed by atoms with Crippen molar-refractivity contribution < 1.29 is 9.13 Å². The highest BCUT2D eigenvalue weighted by molar-refractivity contribution is 7.07. The first-order chi connectivity index (χ1) is 8.16. The molecular formula is C12H13FN2OS. The van der Waals surface area contributed by atoms with Crippen LogP contribution in [0.4, 0.5) is 4.39 Å². The molecule has 17 heavy (non-hydrogen) atoms. The molecule has 0 bridgehead atoms. The number of hydrogen-bond acceptors (Lipinski definition) is 4. The van der Waals surface area contributed by atoms with Gasteiger partial charge in [0.25, 0.3) is 0 Å². The second-order valence-electron chi connectivity index (χ2n) is 3.75. The summed E-state index contributed by atoms with van der Waals surface area (Å²) in [6.45, 7) is 2.09. The van der Waals surface area contributed by atoms with Gasteiger partial charge in [0, 0.05) is 11.4 Å². The van der Waals surface area contributed by atoms with Crippen LogP contribution in [-0.2, 0) is 6.61 Å². The molecule has 90 valence electrons. The minimum absolute atomic E-state index is 0.183. The third-order valence-corrected chi connectivity index (χ3v) is 2.98. The average molecular weight is 252 g/mol. The number of nitrogens with two attached hydrogens (primary N) is 1. The Balaban J connectivity index is 2.06. The summed E-state index contributed by atoms with van der Waals surface area (Å²) in [4.78, 5) is 4.06. The van der Waals surface area contributed by atoms with Crippen LogP contribution in [0.15, 0.2) is 29.1 Å². The van der Waals surface area contributed by atoms with E-state index in [9.17, 15) is 4.39 Å². The first kappa shape index (κ1) is 12.0. The first-order valence-corrected chi connectivity index (χ1v) is 6.16. The third-order valence-electron chi connectivity index (χ3n) is 2.34. The van der Waals surface area contributed by atoms with E-state index in [0.29, 0.717) is 0 Å². The molecule has 2 rings (SSSR count). The monoisotopic (exact) mass is 252 g/mol. The van der Waals surface area contributed by atoms with Gasteiger partial charge < -0.3 is 10.5 Å². The minimum atomic E-state index is -0.393. The molecule has 1 atom stereocenters. The van der Waals surface area contributed by atoms with Gasteiger partial charge in [-0.25, -0.2) is 9.37 Å². The molecule has 0 aliphatic heterocycles. The Labute approximate surface area is 103 Å². The third kappa shape index (κ3) is 3.01. The van der Waals surface area contributed by atoms with E-state index in [1.165, 1.54) is 17.4 Å². The molecule has 0 aliphatic rings. The summed E-state index contributed by atoms with van der Waals surface area (Å²) in [5.74, 6) is -0.169. The van der Waals surface area contributed by atoms with Crippen LogP contribution in [0.2, 0.25) is 0 Å². The van der Waals surface area contributed by atoms with E-state index < -0.39 is 5.82 Å². The van der Waals surface area contributed by atoms with Crippen molar-refractivity contribution in [3.63, 3.8) is 0 Å². The predicted molar refractivity (Wildman–Crippen MR) is 65.4 cm³/mol. The number of rotatable bonds is 4. The summed E-state index contributed by atoms with van der Waals surface area (Å²) in [6.07, 6.45) is 0. The molecule has 0 amide bonds. The fraction of sp³-hybridized carbons (Fsp3) is 0.250. The van der Waals surface area contributed by atoms with Gasteiger partial charge in [0.05, 0.1) is 11.2 Å². The molecule has 0 fully saturated rings. The smallest absolute Gasteiger partial charge is 0.165 e. The Morgan fingerprint density at radius 1 is 1.53 bits per heavy atom. The van der Waals surface area contributed by atoms with E-state index in [0.717, 1.165) is 11.3 Å². The Hall–Kier alpha value is -1.46. The van der Waals surface area contributed by atoms with Crippen molar-refractivity contribution in [2.45, 2.75) is 19.6 Å². The van der Waals surface area contributed by atoms with Crippen LogP contribution in [0.25, 0.3) is 0 Å². The maximum Gasteiger partial charge on any atom is 0.165 e. The average Bonchev–Trinajstić information content (AvgIpc) is 2.80. The number of benzene rings is 1. The number of nitrogens with zero attached hydrogens (tertiary/aromatic N) is 1. The summed E-state index contributed by atoms with van der Waals surface area (Å²) in [5.41, 5.74) is 8.93. The van der Waals surface area contributed by atoms with Gasteiger partial charge >= 0.3 is 0 Å². The number of thiazole rings is 1. The summed E-state index contributed by atoms with van der Waals surface area (Å²) in [7, 11) is 0. The quantitative estimate of drug-likeness (QED) is 0.910. The lowest BCUT2D eigenvalue weighted by Crippen LogP contribution is -2.06. The van der Waals surface area contributed by atoms with Crippen LogP contribution in [0.1, 0.15) is 24.2 Å². The van der Waals surface area contributed by atoms with Crippen molar-refractivity contribution in [2.24, 2.45) is 5.73 Å². The number of hydrogen-bond donors (Lipinski definition) is 1. The van der Waals surface area contributed by atoms with Crippen molar-refractivity contribution >= 4 is 11.3 Å². The summed E-state index contributed by atoms with van der Waals surface area (Å²) in [5, 5.41) is 1.87. The molecule has 0 radical (unpaired) electrons. The molecule has 1 aromatic carbocycles. The van der Waals surface area contributed by atoms with Crippen LogP contribution in [0.5, 0.6) is 5.75 Å². The van der Waals surface area contributed by atoms with E-state index in [2.05, 4.69) is 4.98 Å². The summed E-state index contributed by atoms with van der Waals surface area (Å²) >= 11 is 1.48. The zero-order chi connectivity index (χ0) is 12.3. The van der Waals surface area contributed by atoms with Gasteiger partial charge in [0.1, 0.15) is 6.61 Å². The van der Waals surface area contributed by atoms with Crippen molar-refractivity contribution in [1.82, 2.24) is 4.98 Å². The molecule has 0 aliphatic carbocycles. The maximum atomic E-state index is 13.6. The van der Waals surface area contributed by atoms with Crippen LogP contribution >= 0.6 is 11.3 Å².